The number of nitrogens with zero attached hydrogens (tertiary/aromatic N) is 2. The second-order valence-electron chi connectivity index (χ2n) is 3.27. The van der Waals surface area contributed by atoms with Crippen LogP contribution in [0.1, 0.15) is 11.5 Å². The molecule has 6 heteroatoms. The Morgan fingerprint density at radius 1 is 1.50 bits per heavy atom. The third-order valence-corrected chi connectivity index (χ3v) is 2.94. The molecule has 0 aliphatic carbocycles. The van der Waals surface area contributed by atoms with E-state index < -0.39 is 0 Å². The molecule has 1 heterocycles. The minimum atomic E-state index is -0.361. The summed E-state index contributed by atoms with van der Waals surface area (Å²) in [6.45, 7) is 2.01. The van der Waals surface area contributed by atoms with Crippen molar-refractivity contribution in [2.24, 2.45) is 5.73 Å². The number of hydrogen-bond acceptors (Lipinski definition) is 4. The van der Waals surface area contributed by atoms with Gasteiger partial charge in [-0.25, -0.2) is 4.39 Å². The van der Waals surface area contributed by atoms with E-state index in [-0.39, 0.29) is 12.4 Å². The Morgan fingerprint density at radius 2 is 2.25 bits per heavy atom. The lowest BCUT2D eigenvalue weighted by Crippen LogP contribution is -1.96. The highest BCUT2D eigenvalue weighted by Crippen LogP contribution is 2.31. The smallest absolute Gasteiger partial charge is 0.240 e. The van der Waals surface area contributed by atoms with E-state index in [0.717, 1.165) is 5.56 Å². The molecule has 0 fully saturated rings. The molecule has 0 saturated carbocycles. The van der Waals surface area contributed by atoms with E-state index in [1.165, 1.54) is 6.07 Å². The zero-order valence-corrected chi connectivity index (χ0v) is 10.1. The molecule has 0 aliphatic heterocycles. The summed E-state index contributed by atoms with van der Waals surface area (Å²) in [7, 11) is 0. The Bertz CT molecular complexity index is 527. The maximum atomic E-state index is 13.4. The summed E-state index contributed by atoms with van der Waals surface area (Å²) < 4.78 is 18.6. The Labute approximate surface area is 99.8 Å². The lowest BCUT2D eigenvalue weighted by atomic mass is 10.1. The van der Waals surface area contributed by atoms with E-state index in [1.54, 1.807) is 6.07 Å². The summed E-state index contributed by atoms with van der Waals surface area (Å²) in [4.78, 5) is 4.06. The van der Waals surface area contributed by atoms with Gasteiger partial charge in [0.25, 0.3) is 0 Å². The lowest BCUT2D eigenvalue weighted by Gasteiger charge is -2.04. The molecular formula is C10H9BrFN3O. The number of benzene rings is 1. The Hall–Kier alpha value is -1.27. The van der Waals surface area contributed by atoms with Gasteiger partial charge in [0, 0.05) is 5.56 Å². The normalized spacial score (nSPS) is 10.8. The molecule has 0 amide bonds. The van der Waals surface area contributed by atoms with Crippen molar-refractivity contribution in [2.75, 3.05) is 0 Å². The summed E-state index contributed by atoms with van der Waals surface area (Å²) in [5.41, 5.74) is 6.81. The lowest BCUT2D eigenvalue weighted by molar-refractivity contribution is 0.380. The number of aryl methyl sites for hydroxylation is 1. The second-order valence-corrected chi connectivity index (χ2v) is 4.06. The monoisotopic (exact) mass is 285 g/mol. The first-order chi connectivity index (χ1) is 7.63. The zero-order valence-electron chi connectivity index (χ0n) is 8.50. The van der Waals surface area contributed by atoms with Crippen LogP contribution in [0.2, 0.25) is 0 Å². The van der Waals surface area contributed by atoms with Gasteiger partial charge in [-0.2, -0.15) is 4.98 Å². The summed E-state index contributed by atoms with van der Waals surface area (Å²) in [6.07, 6.45) is 0. The molecule has 0 bridgehead atoms. The van der Waals surface area contributed by atoms with E-state index in [9.17, 15) is 4.39 Å². The maximum Gasteiger partial charge on any atom is 0.240 e. The first-order valence-corrected chi connectivity index (χ1v) is 5.40. The van der Waals surface area contributed by atoms with Gasteiger partial charge in [0.2, 0.25) is 11.7 Å². The van der Waals surface area contributed by atoms with Gasteiger partial charge in [0.15, 0.2) is 0 Å². The first-order valence-electron chi connectivity index (χ1n) is 4.61. The van der Waals surface area contributed by atoms with Gasteiger partial charge in [-0.15, -0.1) is 0 Å². The molecule has 0 aliphatic rings. The third kappa shape index (κ3) is 1.85. The van der Waals surface area contributed by atoms with Crippen LogP contribution in [0.3, 0.4) is 0 Å². The van der Waals surface area contributed by atoms with Crippen LogP contribution >= 0.6 is 15.9 Å². The molecule has 1 aromatic heterocycles. The van der Waals surface area contributed by atoms with Crippen LogP contribution in [-0.4, -0.2) is 10.1 Å². The SMILES string of the molecule is Cc1ccc(F)c(Br)c1-c1noc(CN)n1. The molecule has 16 heavy (non-hydrogen) atoms. The van der Waals surface area contributed by atoms with Crippen LogP contribution in [-0.2, 0) is 6.54 Å². The number of halogens is 2. The molecular weight excluding hydrogens is 277 g/mol. The third-order valence-electron chi connectivity index (χ3n) is 2.17. The second kappa shape index (κ2) is 4.31. The van der Waals surface area contributed by atoms with Crippen molar-refractivity contribution in [3.05, 3.63) is 33.9 Å². The molecule has 0 spiro atoms. The molecule has 2 aromatic rings. The van der Waals surface area contributed by atoms with E-state index in [1.807, 2.05) is 6.92 Å². The highest BCUT2D eigenvalue weighted by Gasteiger charge is 2.16. The van der Waals surface area contributed by atoms with Crippen molar-refractivity contribution in [3.63, 3.8) is 0 Å². The van der Waals surface area contributed by atoms with Gasteiger partial charge in [0.1, 0.15) is 5.82 Å². The van der Waals surface area contributed by atoms with Crippen molar-refractivity contribution < 1.29 is 8.91 Å². The van der Waals surface area contributed by atoms with Crippen molar-refractivity contribution >= 4 is 15.9 Å². The molecule has 84 valence electrons. The number of nitrogens with two attached hydrogens (primary N) is 1. The van der Waals surface area contributed by atoms with E-state index in [0.29, 0.717) is 21.8 Å². The Kier molecular flexibility index (Phi) is 3.02. The Morgan fingerprint density at radius 3 is 2.88 bits per heavy atom. The fraction of sp³-hybridized carbons (Fsp3) is 0.200. The van der Waals surface area contributed by atoms with Crippen molar-refractivity contribution in [1.29, 1.82) is 0 Å². The topological polar surface area (TPSA) is 64.9 Å². The first kappa shape index (κ1) is 11.2. The summed E-state index contributed by atoms with van der Waals surface area (Å²) >= 11 is 3.17. The van der Waals surface area contributed by atoms with Crippen LogP contribution in [0.4, 0.5) is 4.39 Å². The number of rotatable bonds is 2. The molecule has 0 atom stereocenters. The minimum Gasteiger partial charge on any atom is -0.338 e. The molecule has 0 unspecified atom stereocenters. The molecule has 4 nitrogen and oxygen atoms in total. The van der Waals surface area contributed by atoms with Gasteiger partial charge in [-0.05, 0) is 34.5 Å². The summed E-state index contributed by atoms with van der Waals surface area (Å²) in [5, 5.41) is 3.76. The van der Waals surface area contributed by atoms with Gasteiger partial charge in [-0.1, -0.05) is 11.2 Å². The van der Waals surface area contributed by atoms with E-state index in [2.05, 4.69) is 26.1 Å². The number of aromatic nitrogens is 2. The van der Waals surface area contributed by atoms with Crippen LogP contribution < -0.4 is 5.73 Å². The maximum absolute atomic E-state index is 13.4. The van der Waals surface area contributed by atoms with Gasteiger partial charge in [0.05, 0.1) is 11.0 Å². The molecule has 0 radical (unpaired) electrons. The average molecular weight is 286 g/mol. The minimum absolute atomic E-state index is 0.166. The fourth-order valence-electron chi connectivity index (χ4n) is 1.36. The van der Waals surface area contributed by atoms with Crippen molar-refractivity contribution in [2.45, 2.75) is 13.5 Å². The quantitative estimate of drug-likeness (QED) is 0.920. The van der Waals surface area contributed by atoms with Crippen LogP contribution in [0.5, 0.6) is 0 Å². The van der Waals surface area contributed by atoms with Gasteiger partial charge >= 0.3 is 0 Å². The van der Waals surface area contributed by atoms with Crippen molar-refractivity contribution in [3.8, 4) is 11.4 Å². The largest absolute Gasteiger partial charge is 0.338 e. The number of hydrogen-bond donors (Lipinski definition) is 1. The zero-order chi connectivity index (χ0) is 11.7. The average Bonchev–Trinajstić information content (AvgIpc) is 2.73. The van der Waals surface area contributed by atoms with Crippen LogP contribution in [0.15, 0.2) is 21.1 Å². The molecule has 0 saturated heterocycles. The fourth-order valence-corrected chi connectivity index (χ4v) is 1.98. The summed E-state index contributed by atoms with van der Waals surface area (Å²) in [6, 6.07) is 3.04. The molecule has 1 aromatic carbocycles. The highest BCUT2D eigenvalue weighted by molar-refractivity contribution is 9.10. The predicted octanol–water partition coefficient (Wildman–Crippen LogP) is 2.41. The highest BCUT2D eigenvalue weighted by atomic mass is 79.9. The predicted molar refractivity (Wildman–Crippen MR) is 60.0 cm³/mol. The molecule has 2 N–H and O–H groups in total. The summed E-state index contributed by atoms with van der Waals surface area (Å²) in [5.74, 6) is 0.301. The Balaban J connectivity index is 2.58. The van der Waals surface area contributed by atoms with Crippen LogP contribution in [0.25, 0.3) is 11.4 Å². The molecule has 2 rings (SSSR count). The van der Waals surface area contributed by atoms with Crippen LogP contribution in [0, 0.1) is 12.7 Å². The van der Waals surface area contributed by atoms with E-state index >= 15 is 0 Å². The van der Waals surface area contributed by atoms with E-state index in [4.69, 9.17) is 10.3 Å². The van der Waals surface area contributed by atoms with Crippen molar-refractivity contribution in [1.82, 2.24) is 10.1 Å². The van der Waals surface area contributed by atoms with Gasteiger partial charge < -0.3 is 10.3 Å². The standard InChI is InChI=1S/C10H9BrFN3O/c1-5-2-3-6(12)9(11)8(5)10-14-7(4-13)16-15-10/h2-3H,4,13H2,1H3. The van der Waals surface area contributed by atoms with Gasteiger partial charge in [-0.3, -0.25) is 0 Å².